The van der Waals surface area contributed by atoms with Gasteiger partial charge >= 0.3 is 0 Å². The lowest BCUT2D eigenvalue weighted by molar-refractivity contribution is 0.886. The Morgan fingerprint density at radius 2 is 1.80 bits per heavy atom. The second-order valence-electron chi connectivity index (χ2n) is 8.77. The zero-order valence-corrected chi connectivity index (χ0v) is 22.0. The van der Waals surface area contributed by atoms with Gasteiger partial charge in [-0.2, -0.15) is 0 Å². The third kappa shape index (κ3) is 6.50. The van der Waals surface area contributed by atoms with E-state index < -0.39 is 9.39 Å². The second kappa shape index (κ2) is 10.8. The van der Waals surface area contributed by atoms with Crippen LogP contribution in [-0.2, 0) is 6.54 Å². The molecule has 3 rings (SSSR count). The van der Waals surface area contributed by atoms with Crippen LogP contribution in [0.1, 0.15) is 33.3 Å². The molecule has 1 aromatic heterocycles. The summed E-state index contributed by atoms with van der Waals surface area (Å²) in [6, 6.07) is 14.1. The summed E-state index contributed by atoms with van der Waals surface area (Å²) in [4.78, 5) is 10.6. The summed E-state index contributed by atoms with van der Waals surface area (Å²) < 4.78 is 2.13. The number of anilines is 2. The molecule has 2 aromatic carbocycles. The first-order valence-electron chi connectivity index (χ1n) is 11.3. The molecule has 0 amide bonds. The topological polar surface area (TPSA) is 68.2 Å². The average molecular weight is 486 g/mol. The molecule has 0 saturated heterocycles. The summed E-state index contributed by atoms with van der Waals surface area (Å²) >= 11 is 0. The van der Waals surface area contributed by atoms with Crippen LogP contribution in [0, 0.1) is 0 Å². The number of nitrogens with zero attached hydrogens (tertiary/aromatic N) is 3. The fraction of sp³-hybridized carbons (Fsp3) is 0.172. The van der Waals surface area contributed by atoms with Crippen LogP contribution in [0.15, 0.2) is 95.0 Å². The molecule has 3 aromatic rings. The molecule has 35 heavy (non-hydrogen) atoms. The standard InChI is InChI=1S/C29H35N5S/c1-9-10-11-21(4)23(6)31-22(5)19-34-28-17-12-24(20(2)3)18-27(28)33-29(34)32-25-13-15-26(16-14-25)35(7,8)30/h9-18H,2,6-8,19,30H2,1,3-5H3,(H,32,33)/b10-9-,21-11-,31-22?. The van der Waals surface area contributed by atoms with E-state index in [9.17, 15) is 0 Å². The maximum absolute atomic E-state index is 6.10. The molecule has 0 aliphatic carbocycles. The van der Waals surface area contributed by atoms with Crippen LogP contribution < -0.4 is 10.5 Å². The predicted octanol–water partition coefficient (Wildman–Crippen LogP) is 7.21. The van der Waals surface area contributed by atoms with Gasteiger partial charge < -0.3 is 9.88 Å². The Balaban J connectivity index is 2.01. The number of aromatic nitrogens is 2. The van der Waals surface area contributed by atoms with Gasteiger partial charge in [0.1, 0.15) is 0 Å². The summed E-state index contributed by atoms with van der Waals surface area (Å²) in [5.74, 6) is 8.69. The highest BCUT2D eigenvalue weighted by molar-refractivity contribution is 8.26. The van der Waals surface area contributed by atoms with Crippen molar-refractivity contribution in [2.75, 3.05) is 5.32 Å². The number of nitrogens with two attached hydrogens (primary N) is 1. The van der Waals surface area contributed by atoms with E-state index in [1.165, 1.54) is 0 Å². The Kier molecular flexibility index (Phi) is 7.99. The highest BCUT2D eigenvalue weighted by atomic mass is 32.2. The van der Waals surface area contributed by atoms with Crippen LogP contribution >= 0.6 is 9.39 Å². The van der Waals surface area contributed by atoms with Gasteiger partial charge in [-0.05, 0) is 75.2 Å². The number of imidazole rings is 1. The van der Waals surface area contributed by atoms with E-state index >= 15 is 0 Å². The molecule has 0 atom stereocenters. The van der Waals surface area contributed by atoms with Crippen LogP contribution in [0.2, 0.25) is 0 Å². The lowest BCUT2D eigenvalue weighted by atomic mass is 10.1. The van der Waals surface area contributed by atoms with E-state index in [-0.39, 0.29) is 0 Å². The normalized spacial score (nSPS) is 12.9. The molecule has 0 bridgehead atoms. The van der Waals surface area contributed by atoms with Crippen molar-refractivity contribution in [2.45, 2.75) is 39.1 Å². The van der Waals surface area contributed by atoms with Crippen molar-refractivity contribution in [1.29, 1.82) is 0 Å². The Labute approximate surface area is 209 Å². The van der Waals surface area contributed by atoms with Crippen molar-refractivity contribution >= 4 is 55.1 Å². The fourth-order valence-corrected chi connectivity index (χ4v) is 4.19. The maximum Gasteiger partial charge on any atom is 0.208 e. The monoisotopic (exact) mass is 485 g/mol. The van der Waals surface area contributed by atoms with Crippen molar-refractivity contribution in [2.24, 2.45) is 10.1 Å². The zero-order chi connectivity index (χ0) is 25.8. The SMILES string of the molecule is C=C(N=C(C)Cn1c(Nc2ccc(S(=C)(=C)N)cc2)nc2cc(C(=C)C)ccc21)/C(C)=C\C=C/C. The summed E-state index contributed by atoms with van der Waals surface area (Å²) in [6.07, 6.45) is 5.98. The molecule has 3 N–H and O–H groups in total. The van der Waals surface area contributed by atoms with Gasteiger partial charge in [0.25, 0.3) is 0 Å². The number of aliphatic imine (C=N–C) groups is 1. The number of hydrogen-bond donors (Lipinski definition) is 2. The van der Waals surface area contributed by atoms with Gasteiger partial charge in [-0.1, -0.05) is 54.8 Å². The van der Waals surface area contributed by atoms with Gasteiger partial charge in [0.05, 0.1) is 23.3 Å². The van der Waals surface area contributed by atoms with E-state index in [1.807, 2.05) is 70.2 Å². The molecule has 0 spiro atoms. The Morgan fingerprint density at radius 3 is 2.40 bits per heavy atom. The van der Waals surface area contributed by atoms with Gasteiger partial charge in [0.2, 0.25) is 5.95 Å². The molecular formula is C29H35N5S. The van der Waals surface area contributed by atoms with Crippen molar-refractivity contribution in [1.82, 2.24) is 9.55 Å². The van der Waals surface area contributed by atoms with Gasteiger partial charge in [-0.3, -0.25) is 10.1 Å². The molecule has 182 valence electrons. The molecule has 0 aliphatic rings. The number of nitrogens with one attached hydrogen (secondary N) is 1. The summed E-state index contributed by atoms with van der Waals surface area (Å²) in [5, 5.41) is 9.56. The smallest absolute Gasteiger partial charge is 0.208 e. The Hall–Kier alpha value is -3.61. The van der Waals surface area contributed by atoms with Gasteiger partial charge in [-0.15, -0.1) is 9.39 Å². The molecule has 0 saturated carbocycles. The van der Waals surface area contributed by atoms with E-state index in [0.29, 0.717) is 6.54 Å². The zero-order valence-electron chi connectivity index (χ0n) is 21.1. The summed E-state index contributed by atoms with van der Waals surface area (Å²) in [5.41, 5.74) is 7.56. The first-order chi connectivity index (χ1) is 16.5. The van der Waals surface area contributed by atoms with E-state index in [4.69, 9.17) is 15.1 Å². The molecule has 0 unspecified atom stereocenters. The van der Waals surface area contributed by atoms with Crippen LogP contribution in [0.3, 0.4) is 0 Å². The second-order valence-corrected chi connectivity index (χ2v) is 11.1. The minimum Gasteiger partial charge on any atom is -0.326 e. The van der Waals surface area contributed by atoms with Gasteiger partial charge in [0, 0.05) is 16.3 Å². The molecule has 1 heterocycles. The van der Waals surface area contributed by atoms with Gasteiger partial charge in [0.15, 0.2) is 0 Å². The third-order valence-electron chi connectivity index (χ3n) is 5.53. The number of benzene rings is 2. The van der Waals surface area contributed by atoms with Crippen LogP contribution in [-0.4, -0.2) is 27.0 Å². The van der Waals surface area contributed by atoms with Crippen LogP contribution in [0.25, 0.3) is 16.6 Å². The summed E-state index contributed by atoms with van der Waals surface area (Å²) in [7, 11) is -1.76. The quantitative estimate of drug-likeness (QED) is 0.191. The molecule has 0 fully saturated rings. The Bertz CT molecular complexity index is 1460. The number of rotatable bonds is 9. The maximum atomic E-state index is 6.10. The van der Waals surface area contributed by atoms with Crippen LogP contribution in [0.4, 0.5) is 11.6 Å². The minimum atomic E-state index is -1.76. The molecular weight excluding hydrogens is 450 g/mol. The molecule has 6 heteroatoms. The molecule has 0 aliphatic heterocycles. The van der Waals surface area contributed by atoms with E-state index in [0.717, 1.165) is 55.7 Å². The first kappa shape index (κ1) is 26.0. The largest absolute Gasteiger partial charge is 0.326 e. The van der Waals surface area contributed by atoms with Gasteiger partial charge in [-0.25, -0.2) is 4.98 Å². The van der Waals surface area contributed by atoms with Crippen molar-refractivity contribution in [3.05, 3.63) is 90.7 Å². The highest BCUT2D eigenvalue weighted by Crippen LogP contribution is 2.29. The lowest BCUT2D eigenvalue weighted by Gasteiger charge is -2.13. The highest BCUT2D eigenvalue weighted by Gasteiger charge is 2.13. The number of fused-ring (bicyclic) bond motifs is 1. The van der Waals surface area contributed by atoms with Crippen molar-refractivity contribution in [3.63, 3.8) is 0 Å². The summed E-state index contributed by atoms with van der Waals surface area (Å²) in [6.45, 7) is 16.8. The average Bonchev–Trinajstić information content (AvgIpc) is 3.12. The molecule has 0 radical (unpaired) electrons. The number of hydrogen-bond acceptors (Lipinski definition) is 4. The third-order valence-corrected chi connectivity index (χ3v) is 6.74. The van der Waals surface area contributed by atoms with Crippen molar-refractivity contribution < 1.29 is 0 Å². The van der Waals surface area contributed by atoms with E-state index in [2.05, 4.69) is 53.0 Å². The Morgan fingerprint density at radius 1 is 1.11 bits per heavy atom. The lowest BCUT2D eigenvalue weighted by Crippen LogP contribution is -2.10. The van der Waals surface area contributed by atoms with E-state index in [1.54, 1.807) is 0 Å². The fourth-order valence-electron chi connectivity index (χ4n) is 3.51. The first-order valence-corrected chi connectivity index (χ1v) is 13.4. The minimum absolute atomic E-state index is 0.563. The van der Waals surface area contributed by atoms with Crippen molar-refractivity contribution in [3.8, 4) is 0 Å². The predicted molar refractivity (Wildman–Crippen MR) is 159 cm³/mol. The van der Waals surface area contributed by atoms with Crippen LogP contribution in [0.5, 0.6) is 0 Å². The number of allylic oxidation sites excluding steroid dienone is 5. The molecule has 5 nitrogen and oxygen atoms in total.